The fraction of sp³-hybridized carbons (Fsp3) is 0.318. The number of piperidine rings is 1. The van der Waals surface area contributed by atoms with Gasteiger partial charge in [-0.2, -0.15) is 28.6 Å². The van der Waals surface area contributed by atoms with E-state index in [1.54, 1.807) is 18.5 Å². The van der Waals surface area contributed by atoms with Gasteiger partial charge >= 0.3 is 6.18 Å². The van der Waals surface area contributed by atoms with Crippen molar-refractivity contribution in [2.24, 2.45) is 11.8 Å². The van der Waals surface area contributed by atoms with Crippen LogP contribution in [0.4, 0.5) is 24.9 Å². The molecule has 2 atom stereocenters. The standard InChI is InChI=1S/C22H20F3N9/c23-22(24,25)13-3-1-12(2-4-13)7-28-21-26-6-5-16(30-21)20-27-9-18(31-20)34-10-14-15(11-34)19(14)17-8-29-33-32-17/h1-6,8-9,14-15,19H,7,10-11H2,(H,27,31)(H,26,28,30)(H,29,32,33). The SMILES string of the molecule is FC(F)(F)c1ccc(CNc2nccc(-c3ncc(N4CC5C(C4)C5c4cn[nH]n4)[nH]3)n2)cc1. The molecule has 6 rings (SSSR count). The third-order valence-electron chi connectivity index (χ3n) is 6.50. The van der Waals surface area contributed by atoms with Crippen LogP contribution in [-0.4, -0.2) is 48.4 Å². The molecule has 9 nitrogen and oxygen atoms in total. The smallest absolute Gasteiger partial charge is 0.356 e. The van der Waals surface area contributed by atoms with E-state index in [-0.39, 0.29) is 0 Å². The van der Waals surface area contributed by atoms with E-state index in [0.717, 1.165) is 36.7 Å². The van der Waals surface area contributed by atoms with E-state index in [9.17, 15) is 13.2 Å². The molecule has 0 spiro atoms. The molecule has 0 bridgehead atoms. The highest BCUT2D eigenvalue weighted by atomic mass is 19.4. The molecule has 0 radical (unpaired) electrons. The van der Waals surface area contributed by atoms with E-state index in [0.29, 0.717) is 47.3 Å². The van der Waals surface area contributed by atoms with Crippen molar-refractivity contribution in [3.05, 3.63) is 65.7 Å². The first kappa shape index (κ1) is 20.6. The fourth-order valence-electron chi connectivity index (χ4n) is 4.70. The number of alkyl halides is 3. The maximum Gasteiger partial charge on any atom is 0.416 e. The topological polar surface area (TPSA) is 111 Å². The molecule has 174 valence electrons. The largest absolute Gasteiger partial charge is 0.416 e. The average molecular weight is 467 g/mol. The highest BCUT2D eigenvalue weighted by Crippen LogP contribution is 2.57. The summed E-state index contributed by atoms with van der Waals surface area (Å²) in [4.78, 5) is 18.8. The maximum atomic E-state index is 12.7. The Bertz CT molecular complexity index is 1270. The quantitative estimate of drug-likeness (QED) is 0.398. The normalized spacial score (nSPS) is 21.5. The minimum Gasteiger partial charge on any atom is -0.356 e. The molecule has 0 amide bonds. The second-order valence-electron chi connectivity index (χ2n) is 8.58. The van der Waals surface area contributed by atoms with Crippen LogP contribution in [0.3, 0.4) is 0 Å². The predicted octanol–water partition coefficient (Wildman–Crippen LogP) is 3.47. The third kappa shape index (κ3) is 3.84. The van der Waals surface area contributed by atoms with Gasteiger partial charge in [-0.3, -0.25) is 0 Å². The summed E-state index contributed by atoms with van der Waals surface area (Å²) in [7, 11) is 0. The molecule has 3 aromatic heterocycles. The Hall–Kier alpha value is -3.96. The van der Waals surface area contributed by atoms with Crippen LogP contribution < -0.4 is 10.2 Å². The van der Waals surface area contributed by atoms with E-state index in [1.807, 2.05) is 6.20 Å². The van der Waals surface area contributed by atoms with Crippen molar-refractivity contribution in [1.29, 1.82) is 0 Å². The molecule has 34 heavy (non-hydrogen) atoms. The van der Waals surface area contributed by atoms with Crippen LogP contribution in [0.1, 0.15) is 22.7 Å². The van der Waals surface area contributed by atoms with Crippen LogP contribution >= 0.6 is 0 Å². The molecule has 1 saturated carbocycles. The van der Waals surface area contributed by atoms with Gasteiger partial charge in [0.2, 0.25) is 5.95 Å². The number of aromatic nitrogens is 7. The Balaban J connectivity index is 1.08. The molecule has 1 aromatic carbocycles. The van der Waals surface area contributed by atoms with Gasteiger partial charge in [-0.1, -0.05) is 12.1 Å². The summed E-state index contributed by atoms with van der Waals surface area (Å²) < 4.78 is 38.2. The molecule has 1 saturated heterocycles. The number of halogens is 3. The first-order valence-electron chi connectivity index (χ1n) is 10.8. The van der Waals surface area contributed by atoms with E-state index in [1.165, 1.54) is 12.1 Å². The monoisotopic (exact) mass is 467 g/mol. The number of hydrogen-bond acceptors (Lipinski definition) is 7. The van der Waals surface area contributed by atoms with Gasteiger partial charge in [0.15, 0.2) is 5.82 Å². The molecule has 3 N–H and O–H groups in total. The van der Waals surface area contributed by atoms with Crippen molar-refractivity contribution >= 4 is 11.8 Å². The van der Waals surface area contributed by atoms with Gasteiger partial charge in [-0.05, 0) is 35.6 Å². The number of rotatable bonds is 6. The highest BCUT2D eigenvalue weighted by molar-refractivity contribution is 5.56. The second-order valence-corrected chi connectivity index (χ2v) is 8.58. The van der Waals surface area contributed by atoms with Crippen LogP contribution in [-0.2, 0) is 12.7 Å². The van der Waals surface area contributed by atoms with E-state index >= 15 is 0 Å². The van der Waals surface area contributed by atoms with Gasteiger partial charge in [0.25, 0.3) is 0 Å². The molecule has 2 unspecified atom stereocenters. The van der Waals surface area contributed by atoms with Crippen molar-refractivity contribution in [2.45, 2.75) is 18.6 Å². The van der Waals surface area contributed by atoms with Gasteiger partial charge in [-0.15, -0.1) is 0 Å². The summed E-state index contributed by atoms with van der Waals surface area (Å²) in [5, 5.41) is 13.9. The summed E-state index contributed by atoms with van der Waals surface area (Å²) in [6.07, 6.45) is 0.884. The number of fused-ring (bicyclic) bond motifs is 1. The first-order valence-corrected chi connectivity index (χ1v) is 10.8. The third-order valence-corrected chi connectivity index (χ3v) is 6.50. The van der Waals surface area contributed by atoms with Gasteiger partial charge in [0, 0.05) is 31.7 Å². The number of benzene rings is 1. The molecule has 4 heterocycles. The summed E-state index contributed by atoms with van der Waals surface area (Å²) in [6, 6.07) is 6.76. The predicted molar refractivity (Wildman–Crippen MR) is 117 cm³/mol. The second kappa shape index (κ2) is 7.82. The Labute approximate surface area is 191 Å². The van der Waals surface area contributed by atoms with Crippen molar-refractivity contribution < 1.29 is 13.2 Å². The van der Waals surface area contributed by atoms with Crippen LogP contribution in [0.25, 0.3) is 11.5 Å². The number of nitrogens with zero attached hydrogens (tertiary/aromatic N) is 6. The van der Waals surface area contributed by atoms with Crippen molar-refractivity contribution in [3.63, 3.8) is 0 Å². The van der Waals surface area contributed by atoms with Gasteiger partial charge in [-0.25, -0.2) is 15.0 Å². The number of nitrogens with one attached hydrogen (secondary N) is 3. The number of anilines is 2. The van der Waals surface area contributed by atoms with Gasteiger partial charge in [0.1, 0.15) is 11.5 Å². The summed E-state index contributed by atoms with van der Waals surface area (Å²) in [5.74, 6) is 3.59. The van der Waals surface area contributed by atoms with E-state index in [2.05, 4.69) is 45.6 Å². The zero-order chi connectivity index (χ0) is 23.3. The maximum absolute atomic E-state index is 12.7. The number of H-pyrrole nitrogens is 2. The molecule has 1 aliphatic carbocycles. The van der Waals surface area contributed by atoms with Crippen LogP contribution in [0.2, 0.25) is 0 Å². The molecule has 1 aliphatic heterocycles. The lowest BCUT2D eigenvalue weighted by Crippen LogP contribution is -2.23. The Morgan fingerprint density at radius 3 is 2.53 bits per heavy atom. The van der Waals surface area contributed by atoms with E-state index < -0.39 is 11.7 Å². The van der Waals surface area contributed by atoms with Crippen molar-refractivity contribution in [1.82, 2.24) is 35.3 Å². The first-order chi connectivity index (χ1) is 16.5. The average Bonchev–Trinajstić information content (AvgIpc) is 3.37. The molecular formula is C22H20F3N9. The Morgan fingerprint density at radius 1 is 1.03 bits per heavy atom. The Kier molecular flexibility index (Phi) is 4.74. The zero-order valence-electron chi connectivity index (χ0n) is 17.8. The highest BCUT2D eigenvalue weighted by Gasteiger charge is 2.57. The van der Waals surface area contributed by atoms with Crippen molar-refractivity contribution in [3.8, 4) is 11.5 Å². The molecular weight excluding hydrogens is 447 g/mol. The summed E-state index contributed by atoms with van der Waals surface area (Å²) in [5.41, 5.74) is 1.68. The number of hydrogen-bond donors (Lipinski definition) is 3. The van der Waals surface area contributed by atoms with Gasteiger partial charge < -0.3 is 15.2 Å². The molecule has 12 heteroatoms. The Morgan fingerprint density at radius 2 is 1.82 bits per heavy atom. The van der Waals surface area contributed by atoms with Crippen LogP contribution in [0.5, 0.6) is 0 Å². The lowest BCUT2D eigenvalue weighted by Gasteiger charge is -2.19. The molecule has 2 aliphatic rings. The van der Waals surface area contributed by atoms with Crippen LogP contribution in [0.15, 0.2) is 48.9 Å². The number of aromatic amines is 2. The number of imidazole rings is 1. The molecule has 2 fully saturated rings. The van der Waals surface area contributed by atoms with Crippen LogP contribution in [0, 0.1) is 11.8 Å². The summed E-state index contributed by atoms with van der Waals surface area (Å²) >= 11 is 0. The van der Waals surface area contributed by atoms with Crippen molar-refractivity contribution in [2.75, 3.05) is 23.3 Å². The zero-order valence-corrected chi connectivity index (χ0v) is 17.8. The minimum absolute atomic E-state index is 0.300. The van der Waals surface area contributed by atoms with Gasteiger partial charge in [0.05, 0.1) is 23.7 Å². The fourth-order valence-corrected chi connectivity index (χ4v) is 4.70. The lowest BCUT2D eigenvalue weighted by molar-refractivity contribution is -0.137. The minimum atomic E-state index is -4.35. The summed E-state index contributed by atoms with van der Waals surface area (Å²) in [6.45, 7) is 2.18. The molecule has 4 aromatic rings. The lowest BCUT2D eigenvalue weighted by atomic mass is 10.1. The van der Waals surface area contributed by atoms with E-state index in [4.69, 9.17) is 0 Å².